The lowest BCUT2D eigenvalue weighted by molar-refractivity contribution is -0.127. The van der Waals surface area contributed by atoms with E-state index in [1.165, 1.54) is 12.6 Å². The third kappa shape index (κ3) is 6.87. The third-order valence-corrected chi connectivity index (χ3v) is 6.04. The molecule has 2 aromatic carbocycles. The van der Waals surface area contributed by atoms with Crippen LogP contribution in [0.4, 0.5) is 0 Å². The topological polar surface area (TPSA) is 84.5 Å². The Morgan fingerprint density at radius 1 is 1.03 bits per heavy atom. The summed E-state index contributed by atoms with van der Waals surface area (Å²) in [6.45, 7) is 8.39. The number of sulfonamides is 1. The molecule has 1 amide bonds. The van der Waals surface area contributed by atoms with Crippen molar-refractivity contribution in [3.8, 4) is 5.75 Å². The molecule has 0 saturated carbocycles. The predicted molar refractivity (Wildman–Crippen MR) is 115 cm³/mol. The maximum Gasteiger partial charge on any atom is 0.261 e. The van der Waals surface area contributed by atoms with Crippen LogP contribution in [0.1, 0.15) is 48.9 Å². The van der Waals surface area contributed by atoms with Gasteiger partial charge in [0, 0.05) is 6.54 Å². The van der Waals surface area contributed by atoms with Crippen LogP contribution >= 0.6 is 0 Å². The molecular weight excluding hydrogens is 388 g/mol. The molecule has 0 unspecified atom stereocenters. The Bertz CT molecular complexity index is 938. The maximum atomic E-state index is 12.4. The fourth-order valence-electron chi connectivity index (χ4n) is 3.00. The molecule has 0 aliphatic carbocycles. The van der Waals surface area contributed by atoms with Crippen molar-refractivity contribution < 1.29 is 17.9 Å². The maximum absolute atomic E-state index is 12.4. The smallest absolute Gasteiger partial charge is 0.261 e. The number of benzene rings is 2. The second kappa shape index (κ2) is 9.89. The molecule has 2 N–H and O–H groups in total. The van der Waals surface area contributed by atoms with Crippen molar-refractivity contribution in [1.29, 1.82) is 0 Å². The highest BCUT2D eigenvalue weighted by Gasteiger charge is 2.15. The monoisotopic (exact) mass is 418 g/mol. The molecule has 0 spiro atoms. The minimum absolute atomic E-state index is 0.0734. The van der Waals surface area contributed by atoms with E-state index in [0.29, 0.717) is 23.8 Å². The number of hydrogen-bond acceptors (Lipinski definition) is 4. The Labute approximate surface area is 173 Å². The standard InChI is InChI=1S/C22H30N2O4S/c1-15(2)21-11-10-20(12-16(21)3)28-17(4)22(25)24-13-18-6-8-19(9-7-18)14-29(26,27)23-5/h6-12,15,17,23H,13-14H2,1-5H3,(H,24,25)/t17-/m1/s1. The largest absolute Gasteiger partial charge is 0.481 e. The fourth-order valence-corrected chi connectivity index (χ4v) is 3.78. The van der Waals surface area contributed by atoms with Gasteiger partial charge in [0.15, 0.2) is 6.10 Å². The van der Waals surface area contributed by atoms with Crippen LogP contribution in [0.25, 0.3) is 0 Å². The van der Waals surface area contributed by atoms with E-state index in [0.717, 1.165) is 11.1 Å². The van der Waals surface area contributed by atoms with E-state index in [1.807, 2.05) is 25.1 Å². The van der Waals surface area contributed by atoms with Gasteiger partial charge >= 0.3 is 0 Å². The predicted octanol–water partition coefficient (Wildman–Crippen LogP) is 3.25. The number of carbonyl (C=O) groups excluding carboxylic acids is 1. The third-order valence-electron chi connectivity index (χ3n) is 4.70. The number of ether oxygens (including phenoxy) is 1. The molecule has 0 radical (unpaired) electrons. The molecule has 0 aliphatic heterocycles. The molecule has 0 aromatic heterocycles. The zero-order chi connectivity index (χ0) is 21.6. The van der Waals surface area contributed by atoms with Gasteiger partial charge in [-0.25, -0.2) is 13.1 Å². The van der Waals surface area contributed by atoms with Gasteiger partial charge in [-0.2, -0.15) is 0 Å². The normalized spacial score (nSPS) is 12.6. The summed E-state index contributed by atoms with van der Waals surface area (Å²) in [6.07, 6.45) is -0.626. The quantitative estimate of drug-likeness (QED) is 0.655. The molecule has 0 saturated heterocycles. The lowest BCUT2D eigenvalue weighted by Crippen LogP contribution is -2.35. The molecule has 2 aromatic rings. The molecule has 0 aliphatic rings. The molecule has 7 heteroatoms. The Kier molecular flexibility index (Phi) is 7.81. The van der Waals surface area contributed by atoms with Crippen LogP contribution in [0.3, 0.4) is 0 Å². The van der Waals surface area contributed by atoms with Crippen molar-refractivity contribution in [1.82, 2.24) is 10.0 Å². The first-order valence-electron chi connectivity index (χ1n) is 9.65. The second-order valence-corrected chi connectivity index (χ2v) is 9.36. The molecule has 1 atom stereocenters. The first-order chi connectivity index (χ1) is 13.6. The molecular formula is C22H30N2O4S. The number of hydrogen-bond donors (Lipinski definition) is 2. The summed E-state index contributed by atoms with van der Waals surface area (Å²) in [5, 5.41) is 2.85. The van der Waals surface area contributed by atoms with Crippen LogP contribution in [0.2, 0.25) is 0 Å². The van der Waals surface area contributed by atoms with Crippen molar-refractivity contribution >= 4 is 15.9 Å². The zero-order valence-corrected chi connectivity index (χ0v) is 18.5. The van der Waals surface area contributed by atoms with Gasteiger partial charge in [0.05, 0.1) is 5.75 Å². The Morgan fingerprint density at radius 3 is 2.21 bits per heavy atom. The van der Waals surface area contributed by atoms with Crippen LogP contribution < -0.4 is 14.8 Å². The summed E-state index contributed by atoms with van der Waals surface area (Å²) in [7, 11) is -1.91. The number of carbonyl (C=O) groups is 1. The average Bonchev–Trinajstić information content (AvgIpc) is 2.66. The van der Waals surface area contributed by atoms with E-state index < -0.39 is 16.1 Å². The van der Waals surface area contributed by atoms with Crippen molar-refractivity contribution in [2.75, 3.05) is 7.05 Å². The average molecular weight is 419 g/mol. The van der Waals surface area contributed by atoms with Gasteiger partial charge in [-0.3, -0.25) is 4.79 Å². The van der Waals surface area contributed by atoms with E-state index in [9.17, 15) is 13.2 Å². The Morgan fingerprint density at radius 2 is 1.66 bits per heavy atom. The molecule has 6 nitrogen and oxygen atoms in total. The van der Waals surface area contributed by atoms with E-state index >= 15 is 0 Å². The molecule has 0 fully saturated rings. The lowest BCUT2D eigenvalue weighted by Gasteiger charge is -2.17. The van der Waals surface area contributed by atoms with Crippen molar-refractivity contribution in [3.63, 3.8) is 0 Å². The van der Waals surface area contributed by atoms with Gasteiger partial charge in [0.25, 0.3) is 5.91 Å². The Balaban J connectivity index is 1.89. The number of nitrogens with one attached hydrogen (secondary N) is 2. The minimum atomic E-state index is -3.30. The Hall–Kier alpha value is -2.38. The first-order valence-corrected chi connectivity index (χ1v) is 11.3. The summed E-state index contributed by atoms with van der Waals surface area (Å²) in [5.41, 5.74) is 3.98. The first kappa shape index (κ1) is 22.9. The van der Waals surface area contributed by atoms with Gasteiger partial charge in [-0.1, -0.05) is 44.2 Å². The number of amides is 1. The highest BCUT2D eigenvalue weighted by Crippen LogP contribution is 2.24. The summed E-state index contributed by atoms with van der Waals surface area (Å²) in [4.78, 5) is 12.4. The van der Waals surface area contributed by atoms with Gasteiger partial charge in [0.2, 0.25) is 10.0 Å². The van der Waals surface area contributed by atoms with Crippen LogP contribution in [0.5, 0.6) is 5.75 Å². The highest BCUT2D eigenvalue weighted by molar-refractivity contribution is 7.88. The van der Waals surface area contributed by atoms with Crippen molar-refractivity contribution in [3.05, 3.63) is 64.7 Å². The van der Waals surface area contributed by atoms with Gasteiger partial charge < -0.3 is 10.1 Å². The van der Waals surface area contributed by atoms with Crippen LogP contribution in [-0.4, -0.2) is 27.5 Å². The van der Waals surface area contributed by atoms with Crippen molar-refractivity contribution in [2.45, 2.75) is 52.0 Å². The molecule has 0 heterocycles. The molecule has 0 bridgehead atoms. The number of aryl methyl sites for hydroxylation is 1. The summed E-state index contributed by atoms with van der Waals surface area (Å²) >= 11 is 0. The van der Waals surface area contributed by atoms with Gasteiger partial charge in [-0.05, 0) is 61.2 Å². The lowest BCUT2D eigenvalue weighted by atomic mass is 9.98. The van der Waals surface area contributed by atoms with E-state index in [-0.39, 0.29) is 11.7 Å². The molecule has 2 rings (SSSR count). The SMILES string of the molecule is CNS(=O)(=O)Cc1ccc(CNC(=O)[C@@H](C)Oc2ccc(C(C)C)c(C)c2)cc1. The van der Waals surface area contributed by atoms with Crippen LogP contribution in [0.15, 0.2) is 42.5 Å². The summed E-state index contributed by atoms with van der Waals surface area (Å²) in [5.74, 6) is 0.826. The van der Waals surface area contributed by atoms with Gasteiger partial charge in [-0.15, -0.1) is 0 Å². The second-order valence-electron chi connectivity index (χ2n) is 7.43. The molecule has 29 heavy (non-hydrogen) atoms. The number of rotatable bonds is 9. The zero-order valence-electron chi connectivity index (χ0n) is 17.7. The summed E-state index contributed by atoms with van der Waals surface area (Å²) in [6, 6.07) is 13.0. The highest BCUT2D eigenvalue weighted by atomic mass is 32.2. The van der Waals surface area contributed by atoms with Gasteiger partial charge in [0.1, 0.15) is 5.75 Å². The fraction of sp³-hybridized carbons (Fsp3) is 0.409. The molecule has 158 valence electrons. The van der Waals surface area contributed by atoms with Crippen LogP contribution in [0, 0.1) is 6.92 Å². The summed E-state index contributed by atoms with van der Waals surface area (Å²) < 4.78 is 31.2. The van der Waals surface area contributed by atoms with Crippen LogP contribution in [-0.2, 0) is 27.1 Å². The van der Waals surface area contributed by atoms with E-state index in [1.54, 1.807) is 31.2 Å². The van der Waals surface area contributed by atoms with E-state index in [2.05, 4.69) is 23.9 Å². The van der Waals surface area contributed by atoms with Crippen molar-refractivity contribution in [2.24, 2.45) is 0 Å². The minimum Gasteiger partial charge on any atom is -0.481 e. The van der Waals surface area contributed by atoms with E-state index in [4.69, 9.17) is 4.74 Å².